The minimum atomic E-state index is -5.98. The zero-order chi connectivity index (χ0) is 52.5. The van der Waals surface area contributed by atoms with Crippen molar-refractivity contribution in [1.29, 1.82) is 0 Å². The van der Waals surface area contributed by atoms with Gasteiger partial charge in [0.1, 0.15) is 36.3 Å². The van der Waals surface area contributed by atoms with Gasteiger partial charge in [-0.2, -0.15) is 26.3 Å². The third kappa shape index (κ3) is 13.8. The van der Waals surface area contributed by atoms with Crippen LogP contribution in [0.4, 0.5) is 26.3 Å². The maximum Gasteiger partial charge on any atom is 0.380 e. The summed E-state index contributed by atoms with van der Waals surface area (Å²) in [5, 5.41) is 25.6. The molecule has 1 aliphatic rings. The molecular formula is C42H55F6N9O10S2. The average Bonchev–Trinajstić information content (AvgIpc) is 3.84. The van der Waals surface area contributed by atoms with Gasteiger partial charge in [0.2, 0.25) is 41.4 Å². The average molecular weight is 1020 g/mol. The number of carboxylic acids is 1. The van der Waals surface area contributed by atoms with E-state index in [2.05, 4.69) is 37.2 Å². The highest BCUT2D eigenvalue weighted by Gasteiger charge is 2.80. The highest BCUT2D eigenvalue weighted by Crippen LogP contribution is 2.65. The molecule has 3 rings (SSSR count). The molecule has 0 unspecified atom stereocenters. The van der Waals surface area contributed by atoms with Crippen LogP contribution in [-0.2, 0) is 44.9 Å². The lowest BCUT2D eigenvalue weighted by molar-refractivity contribution is -0.254. The molecule has 1 aliphatic carbocycles. The number of hydrogen-bond donors (Lipinski definition) is 10. The molecule has 69 heavy (non-hydrogen) atoms. The van der Waals surface area contributed by atoms with Crippen LogP contribution < -0.4 is 48.7 Å². The summed E-state index contributed by atoms with van der Waals surface area (Å²) < 4.78 is 94.0. The highest BCUT2D eigenvalue weighted by molar-refractivity contribution is 7.14. The van der Waals surface area contributed by atoms with E-state index < -0.39 is 154 Å². The Morgan fingerprint density at radius 2 is 1.12 bits per heavy atom. The molecule has 19 nitrogen and oxygen atoms in total. The first-order valence-electron chi connectivity index (χ1n) is 21.3. The molecule has 2 aromatic heterocycles. The van der Waals surface area contributed by atoms with E-state index in [1.54, 1.807) is 0 Å². The minimum Gasteiger partial charge on any atom is -0.481 e. The van der Waals surface area contributed by atoms with E-state index >= 15 is 26.3 Å². The number of rotatable bonds is 24. The summed E-state index contributed by atoms with van der Waals surface area (Å²) >= 11 is 1.16. The molecule has 27 heteroatoms. The molecule has 0 radical (unpaired) electrons. The zero-order valence-corrected chi connectivity index (χ0v) is 40.1. The number of aryl methyl sites for hydroxylation is 2. The predicted octanol–water partition coefficient (Wildman–Crippen LogP) is 1.97. The second-order valence-corrected chi connectivity index (χ2v) is 18.9. The first-order valence-corrected chi connectivity index (χ1v) is 22.9. The van der Waals surface area contributed by atoms with Crippen LogP contribution in [0.1, 0.15) is 102 Å². The summed E-state index contributed by atoms with van der Waals surface area (Å²) in [5.74, 6) is -25.2. The van der Waals surface area contributed by atoms with Crippen LogP contribution >= 0.6 is 22.7 Å². The number of carboxylic acid groups (broad SMARTS) is 1. The van der Waals surface area contributed by atoms with E-state index in [-0.39, 0.29) is 21.1 Å². The number of carbonyl (C=O) groups excluding carboxylic acids is 8. The Morgan fingerprint density at radius 3 is 1.62 bits per heavy atom. The summed E-state index contributed by atoms with van der Waals surface area (Å²) in [6, 6.07) is -6.07. The largest absolute Gasteiger partial charge is 0.481 e. The van der Waals surface area contributed by atoms with Crippen molar-refractivity contribution in [3.8, 4) is 0 Å². The quantitative estimate of drug-likeness (QED) is 0.0536. The summed E-state index contributed by atoms with van der Waals surface area (Å²) in [4.78, 5) is 111. The molecule has 2 heterocycles. The van der Waals surface area contributed by atoms with Crippen LogP contribution in [0, 0.1) is 13.8 Å². The van der Waals surface area contributed by atoms with Crippen LogP contribution in [0.25, 0.3) is 11.1 Å². The number of nitrogens with one attached hydrogen (secondary N) is 7. The maximum absolute atomic E-state index is 15.9. The van der Waals surface area contributed by atoms with Crippen molar-refractivity contribution in [2.24, 2.45) is 11.5 Å². The second-order valence-electron chi connectivity index (χ2n) is 16.3. The SMILES string of the molecule is CC(=O)N[C@@H](C)C(=O)N[C@@H](CCCCN)C(=O)N[C@@H](C)C(=O)NCc1cc(C2=C(c3cc(C(=O)N[C@@H](C)C(=O)N[C@@H](CCC(=O)O)C(=O)N[C@@H](C)C(N)=O)sc3C)C(F)(F)C(F)(F)C2(F)F)c(C)s1. The van der Waals surface area contributed by atoms with Crippen LogP contribution in [0.5, 0.6) is 0 Å². The molecule has 0 fully saturated rings. The van der Waals surface area contributed by atoms with Crippen molar-refractivity contribution in [1.82, 2.24) is 37.2 Å². The van der Waals surface area contributed by atoms with Crippen LogP contribution in [0.15, 0.2) is 12.1 Å². The van der Waals surface area contributed by atoms with Gasteiger partial charge in [0.25, 0.3) is 5.91 Å². The lowest BCUT2D eigenvalue weighted by Gasteiger charge is -2.25. The molecular weight excluding hydrogens is 969 g/mol. The number of allylic oxidation sites excluding steroid dienone is 2. The van der Waals surface area contributed by atoms with Gasteiger partial charge in [-0.3, -0.25) is 43.2 Å². The van der Waals surface area contributed by atoms with Gasteiger partial charge < -0.3 is 53.8 Å². The van der Waals surface area contributed by atoms with Gasteiger partial charge in [0.15, 0.2) is 0 Å². The fourth-order valence-corrected chi connectivity index (χ4v) is 8.76. The Labute approximate surface area is 399 Å². The van der Waals surface area contributed by atoms with Gasteiger partial charge in [-0.25, -0.2) is 0 Å². The van der Waals surface area contributed by atoms with E-state index in [4.69, 9.17) is 16.6 Å². The van der Waals surface area contributed by atoms with Crippen LogP contribution in [-0.4, -0.2) is 119 Å². The van der Waals surface area contributed by atoms with E-state index in [0.717, 1.165) is 19.9 Å². The number of thiophene rings is 2. The number of halogens is 6. The Bertz CT molecular complexity index is 2360. The number of primary amides is 1. The molecule has 0 saturated carbocycles. The molecule has 0 saturated heterocycles. The summed E-state index contributed by atoms with van der Waals surface area (Å²) in [6.07, 6.45) is -0.0476. The number of aliphatic carboxylic acids is 1. The van der Waals surface area contributed by atoms with Crippen molar-refractivity contribution < 1.29 is 74.6 Å². The summed E-state index contributed by atoms with van der Waals surface area (Å²) in [5.41, 5.74) is 5.64. The minimum absolute atomic E-state index is 0.0499. The van der Waals surface area contributed by atoms with E-state index in [0.29, 0.717) is 48.1 Å². The third-order valence-electron chi connectivity index (χ3n) is 10.7. The number of carbonyl (C=O) groups is 9. The van der Waals surface area contributed by atoms with Crippen LogP contribution in [0.3, 0.4) is 0 Å². The van der Waals surface area contributed by atoms with Gasteiger partial charge in [-0.1, -0.05) is 0 Å². The van der Waals surface area contributed by atoms with E-state index in [1.807, 2.05) is 0 Å². The zero-order valence-electron chi connectivity index (χ0n) is 38.4. The first-order chi connectivity index (χ1) is 31.9. The molecule has 382 valence electrons. The van der Waals surface area contributed by atoms with Gasteiger partial charge in [-0.15, -0.1) is 22.7 Å². The second kappa shape index (κ2) is 23.5. The smallest absolute Gasteiger partial charge is 0.380 e. The number of hydrogen-bond acceptors (Lipinski definition) is 12. The summed E-state index contributed by atoms with van der Waals surface area (Å²) in [6.45, 7) is 8.40. The Balaban J connectivity index is 1.88. The highest BCUT2D eigenvalue weighted by atomic mass is 32.1. The molecule has 2 aromatic rings. The molecule has 0 aliphatic heterocycles. The maximum atomic E-state index is 15.9. The Morgan fingerprint density at radius 1 is 0.638 bits per heavy atom. The normalized spacial score (nSPS) is 17.2. The fraction of sp³-hybridized carbons (Fsp3) is 0.548. The van der Waals surface area contributed by atoms with Crippen LogP contribution in [0.2, 0.25) is 0 Å². The molecule has 0 aromatic carbocycles. The number of nitrogens with two attached hydrogens (primary N) is 2. The lowest BCUT2D eigenvalue weighted by atomic mass is 9.95. The standard InChI is InChI=1S/C42H55F6N9O10S2/c1-17(33(50)61)53-38(66)28(11-12-30(59)60)57-36(64)20(4)55-39(67)29-15-26(22(6)69-29)32-31(40(43,44)42(47,48)41(32,45)46)25-14-24(68-21(25)5)16-51-34(62)18(2)54-37(65)27(10-8-9-13-49)56-35(63)19(3)52-23(7)58/h14-15,17-20,27-28H,8-13,16,49H2,1-7H3,(H2,50,61)(H,51,62)(H,52,58)(H,53,66)(H,54,65)(H,55,67)(H,56,63)(H,57,64)(H,59,60)/t17-,18-,19-,20-,27-,28-/m0/s1. The molecule has 0 bridgehead atoms. The fourth-order valence-electron chi connectivity index (χ4n) is 6.84. The van der Waals surface area contributed by atoms with Crippen molar-refractivity contribution in [3.05, 3.63) is 42.8 Å². The number of alkyl halides is 6. The van der Waals surface area contributed by atoms with Crippen molar-refractivity contribution >= 4 is 87.0 Å². The van der Waals surface area contributed by atoms with Gasteiger partial charge in [0, 0.05) is 39.1 Å². The van der Waals surface area contributed by atoms with Crippen molar-refractivity contribution in [2.45, 2.75) is 141 Å². The molecule has 12 N–H and O–H groups in total. The molecule has 8 amide bonds. The van der Waals surface area contributed by atoms with Gasteiger partial charge in [-0.05, 0) is 97.0 Å². The van der Waals surface area contributed by atoms with Crippen molar-refractivity contribution in [2.75, 3.05) is 6.54 Å². The van der Waals surface area contributed by atoms with Gasteiger partial charge >= 0.3 is 23.7 Å². The Hall–Kier alpha value is -6.09. The van der Waals surface area contributed by atoms with Crippen molar-refractivity contribution in [3.63, 3.8) is 0 Å². The monoisotopic (exact) mass is 1020 g/mol. The number of amides is 8. The Kier molecular flexibility index (Phi) is 19.5. The molecule has 0 spiro atoms. The van der Waals surface area contributed by atoms with E-state index in [1.165, 1.54) is 34.6 Å². The topological polar surface area (TPSA) is 310 Å². The number of unbranched alkanes of at least 4 members (excludes halogenated alkanes) is 1. The van der Waals surface area contributed by atoms with E-state index in [9.17, 15) is 43.2 Å². The first kappa shape index (κ1) is 57.2. The third-order valence-corrected chi connectivity index (χ3v) is 12.8. The predicted molar refractivity (Wildman–Crippen MR) is 240 cm³/mol. The summed E-state index contributed by atoms with van der Waals surface area (Å²) in [7, 11) is 0. The molecule has 6 atom stereocenters. The lowest BCUT2D eigenvalue weighted by Crippen LogP contribution is -2.55. The van der Waals surface area contributed by atoms with Gasteiger partial charge in [0.05, 0.1) is 11.4 Å².